The van der Waals surface area contributed by atoms with Crippen LogP contribution >= 0.6 is 0 Å². The zero-order valence-corrected chi connectivity index (χ0v) is 11.0. The Kier molecular flexibility index (Phi) is 4.74. The minimum absolute atomic E-state index is 0.0637. The van der Waals surface area contributed by atoms with Crippen molar-refractivity contribution in [3.05, 3.63) is 35.6 Å². The third-order valence-corrected chi connectivity index (χ3v) is 3.23. The molecule has 4 nitrogen and oxygen atoms in total. The number of benzene rings is 1. The van der Waals surface area contributed by atoms with Gasteiger partial charge in [0.15, 0.2) is 0 Å². The summed E-state index contributed by atoms with van der Waals surface area (Å²) in [6.45, 7) is 3.75. The Balaban J connectivity index is 1.99. The number of hydrogen-bond acceptors (Lipinski definition) is 3. The minimum Gasteiger partial charge on any atom is -0.450 e. The van der Waals surface area contributed by atoms with Crippen LogP contribution in [0.15, 0.2) is 24.3 Å². The van der Waals surface area contributed by atoms with Crippen LogP contribution in [0.4, 0.5) is 9.18 Å². The second-order valence-electron chi connectivity index (χ2n) is 4.71. The predicted molar refractivity (Wildman–Crippen MR) is 70.6 cm³/mol. The van der Waals surface area contributed by atoms with Crippen molar-refractivity contribution in [2.75, 3.05) is 19.7 Å². The third-order valence-electron chi connectivity index (χ3n) is 3.23. The molecule has 1 heterocycles. The van der Waals surface area contributed by atoms with E-state index in [0.29, 0.717) is 13.2 Å². The first kappa shape index (κ1) is 13.8. The van der Waals surface area contributed by atoms with Crippen LogP contribution in [0.3, 0.4) is 0 Å². The van der Waals surface area contributed by atoms with E-state index in [4.69, 9.17) is 4.74 Å². The summed E-state index contributed by atoms with van der Waals surface area (Å²) in [5.74, 6) is -0.179. The van der Waals surface area contributed by atoms with Gasteiger partial charge in [0.2, 0.25) is 0 Å². The van der Waals surface area contributed by atoms with Gasteiger partial charge in [0.1, 0.15) is 5.82 Å². The molecular formula is C14H19FN2O2. The number of halogens is 1. The van der Waals surface area contributed by atoms with Crippen LogP contribution in [-0.4, -0.2) is 31.8 Å². The fourth-order valence-electron chi connectivity index (χ4n) is 2.31. The van der Waals surface area contributed by atoms with Crippen LogP contribution in [0, 0.1) is 5.82 Å². The van der Waals surface area contributed by atoms with Gasteiger partial charge < -0.3 is 15.4 Å². The number of ether oxygens (including phenoxy) is 1. The molecule has 2 rings (SSSR count). The van der Waals surface area contributed by atoms with Gasteiger partial charge in [-0.3, -0.25) is 0 Å². The number of nitrogens with one attached hydrogen (secondary N) is 2. The van der Waals surface area contributed by atoms with Crippen LogP contribution in [0.5, 0.6) is 0 Å². The number of hydrogen-bond donors (Lipinski definition) is 2. The molecule has 2 atom stereocenters. The van der Waals surface area contributed by atoms with Crippen molar-refractivity contribution in [3.63, 3.8) is 0 Å². The van der Waals surface area contributed by atoms with Crippen molar-refractivity contribution in [3.8, 4) is 0 Å². The van der Waals surface area contributed by atoms with Gasteiger partial charge in [-0.05, 0) is 24.1 Å². The first-order valence-electron chi connectivity index (χ1n) is 6.60. The van der Waals surface area contributed by atoms with Crippen molar-refractivity contribution in [2.45, 2.75) is 25.3 Å². The van der Waals surface area contributed by atoms with Crippen LogP contribution in [0.25, 0.3) is 0 Å². The van der Waals surface area contributed by atoms with E-state index in [1.165, 1.54) is 12.1 Å². The first-order valence-corrected chi connectivity index (χ1v) is 6.60. The van der Waals surface area contributed by atoms with Gasteiger partial charge in [-0.25, -0.2) is 9.18 Å². The quantitative estimate of drug-likeness (QED) is 0.876. The molecule has 0 aliphatic carbocycles. The highest BCUT2D eigenvalue weighted by molar-refractivity contribution is 5.67. The van der Waals surface area contributed by atoms with Crippen molar-refractivity contribution in [1.29, 1.82) is 0 Å². The van der Waals surface area contributed by atoms with E-state index in [1.807, 2.05) is 13.0 Å². The fraction of sp³-hybridized carbons (Fsp3) is 0.500. The maximum atomic E-state index is 13.2. The molecule has 19 heavy (non-hydrogen) atoms. The standard InChI is InChI=1S/C14H19FN2O2/c1-2-6-19-14(18)17-13-9-16-8-12(13)10-4-3-5-11(15)7-10/h3-5,7,12-13,16H,2,6,8-9H2,1H3,(H,17,18)/t12-,13+/m1/s1. The summed E-state index contributed by atoms with van der Waals surface area (Å²) in [4.78, 5) is 11.6. The number of carbonyl (C=O) groups excluding carboxylic acids is 1. The Morgan fingerprint density at radius 2 is 2.37 bits per heavy atom. The van der Waals surface area contributed by atoms with Gasteiger partial charge >= 0.3 is 6.09 Å². The predicted octanol–water partition coefficient (Wildman–Crippen LogP) is 2.02. The maximum Gasteiger partial charge on any atom is 0.407 e. The summed E-state index contributed by atoms with van der Waals surface area (Å²) in [5.41, 5.74) is 0.894. The lowest BCUT2D eigenvalue weighted by atomic mass is 9.94. The van der Waals surface area contributed by atoms with Gasteiger partial charge in [-0.1, -0.05) is 19.1 Å². The number of alkyl carbamates (subject to hydrolysis) is 1. The molecule has 0 aromatic heterocycles. The molecule has 1 aromatic rings. The SMILES string of the molecule is CCCOC(=O)N[C@H]1CNC[C@@H]1c1cccc(F)c1. The summed E-state index contributed by atoms with van der Waals surface area (Å²) in [5, 5.41) is 6.04. The van der Waals surface area contributed by atoms with E-state index in [9.17, 15) is 9.18 Å². The molecule has 0 saturated carbocycles. The summed E-state index contributed by atoms with van der Waals surface area (Å²) in [7, 11) is 0. The molecule has 0 unspecified atom stereocenters. The normalized spacial score (nSPS) is 22.2. The Morgan fingerprint density at radius 3 is 3.11 bits per heavy atom. The minimum atomic E-state index is -0.406. The molecular weight excluding hydrogens is 247 g/mol. The highest BCUT2D eigenvalue weighted by Crippen LogP contribution is 2.23. The molecule has 104 valence electrons. The summed E-state index contributed by atoms with van der Waals surface area (Å²) < 4.78 is 18.3. The average molecular weight is 266 g/mol. The third kappa shape index (κ3) is 3.67. The molecule has 1 saturated heterocycles. The Hall–Kier alpha value is -1.62. The average Bonchev–Trinajstić information content (AvgIpc) is 2.84. The van der Waals surface area contributed by atoms with Gasteiger partial charge in [-0.15, -0.1) is 0 Å². The molecule has 1 fully saturated rings. The zero-order chi connectivity index (χ0) is 13.7. The second-order valence-corrected chi connectivity index (χ2v) is 4.71. The van der Waals surface area contributed by atoms with Gasteiger partial charge in [0.25, 0.3) is 0 Å². The van der Waals surface area contributed by atoms with Crippen molar-refractivity contribution in [1.82, 2.24) is 10.6 Å². The summed E-state index contributed by atoms with van der Waals surface area (Å²) >= 11 is 0. The van der Waals surface area contributed by atoms with Crippen LogP contribution in [0.1, 0.15) is 24.8 Å². The molecule has 1 amide bonds. The van der Waals surface area contributed by atoms with E-state index >= 15 is 0 Å². The van der Waals surface area contributed by atoms with Gasteiger partial charge in [0, 0.05) is 19.0 Å². The van der Waals surface area contributed by atoms with Crippen LogP contribution in [-0.2, 0) is 4.74 Å². The van der Waals surface area contributed by atoms with Crippen molar-refractivity contribution in [2.24, 2.45) is 0 Å². The number of amides is 1. The molecule has 1 aromatic carbocycles. The van der Waals surface area contributed by atoms with Gasteiger partial charge in [0.05, 0.1) is 12.6 Å². The Labute approximate surface area is 112 Å². The van der Waals surface area contributed by atoms with Gasteiger partial charge in [-0.2, -0.15) is 0 Å². The number of rotatable bonds is 4. The summed E-state index contributed by atoms with van der Waals surface area (Å²) in [6, 6.07) is 6.45. The summed E-state index contributed by atoms with van der Waals surface area (Å²) in [6.07, 6.45) is 0.390. The molecule has 0 bridgehead atoms. The molecule has 0 radical (unpaired) electrons. The van der Waals surface area contributed by atoms with E-state index in [1.54, 1.807) is 6.07 Å². The lowest BCUT2D eigenvalue weighted by Gasteiger charge is -2.20. The van der Waals surface area contributed by atoms with Crippen LogP contribution < -0.4 is 10.6 Å². The molecule has 1 aliphatic rings. The van der Waals surface area contributed by atoms with Crippen molar-refractivity contribution < 1.29 is 13.9 Å². The van der Waals surface area contributed by atoms with E-state index in [-0.39, 0.29) is 17.8 Å². The lowest BCUT2D eigenvalue weighted by molar-refractivity contribution is 0.142. The van der Waals surface area contributed by atoms with E-state index < -0.39 is 6.09 Å². The lowest BCUT2D eigenvalue weighted by Crippen LogP contribution is -2.39. The number of carbonyl (C=O) groups is 1. The topological polar surface area (TPSA) is 50.4 Å². The zero-order valence-electron chi connectivity index (χ0n) is 11.0. The molecule has 2 N–H and O–H groups in total. The van der Waals surface area contributed by atoms with Crippen molar-refractivity contribution >= 4 is 6.09 Å². The highest BCUT2D eigenvalue weighted by Gasteiger charge is 2.30. The molecule has 1 aliphatic heterocycles. The van der Waals surface area contributed by atoms with E-state index in [2.05, 4.69) is 10.6 Å². The molecule has 0 spiro atoms. The largest absolute Gasteiger partial charge is 0.450 e. The first-order chi connectivity index (χ1) is 9.20. The maximum absolute atomic E-state index is 13.2. The molecule has 5 heteroatoms. The highest BCUT2D eigenvalue weighted by atomic mass is 19.1. The van der Waals surface area contributed by atoms with Crippen LogP contribution in [0.2, 0.25) is 0 Å². The van der Waals surface area contributed by atoms with E-state index in [0.717, 1.165) is 18.5 Å². The Morgan fingerprint density at radius 1 is 1.53 bits per heavy atom. The monoisotopic (exact) mass is 266 g/mol. The second kappa shape index (κ2) is 6.52. The fourth-order valence-corrected chi connectivity index (χ4v) is 2.31. The smallest absolute Gasteiger partial charge is 0.407 e. The Bertz CT molecular complexity index is 439.